The Bertz CT molecular complexity index is 1760. The Morgan fingerprint density at radius 3 is 1.85 bits per heavy atom. The van der Waals surface area contributed by atoms with Gasteiger partial charge in [0.1, 0.15) is 0 Å². The summed E-state index contributed by atoms with van der Waals surface area (Å²) in [6.07, 6.45) is 0. The van der Waals surface area contributed by atoms with Crippen LogP contribution in [0.15, 0.2) is 97.1 Å². The maximum atomic E-state index is 10.6. The highest BCUT2D eigenvalue weighted by atomic mass is 32.1. The molecule has 0 saturated carbocycles. The van der Waals surface area contributed by atoms with Gasteiger partial charge in [-0.1, -0.05) is 84.9 Å². The first-order valence-electron chi connectivity index (χ1n) is 13.4. The number of aromatic nitrogens is 3. The second-order valence-electron chi connectivity index (χ2n) is 11.0. The molecule has 6 aromatic rings. The fraction of sp³-hybridized carbons (Fsp3) is 0.182. The molecule has 6 rings (SSSR count). The molecule has 0 radical (unpaired) electrons. The second-order valence-corrected chi connectivity index (χ2v) is 12.0. The van der Waals surface area contributed by atoms with Crippen LogP contribution in [0.1, 0.15) is 27.7 Å². The third-order valence-corrected chi connectivity index (χ3v) is 8.82. The SMILES string of the molecule is CC(C)(O)C(C)(C)OBc1cccc2sc3c(-c4nc(-c5ccccc5)nc(-c5ccccc5)n4)cccc3c12. The molecular formula is C33H30BN3O2S. The Kier molecular flexibility index (Phi) is 6.74. The number of hydrogen-bond donors (Lipinski definition) is 1. The van der Waals surface area contributed by atoms with Gasteiger partial charge in [0.25, 0.3) is 0 Å². The van der Waals surface area contributed by atoms with Gasteiger partial charge in [0.15, 0.2) is 17.5 Å². The highest BCUT2D eigenvalue weighted by molar-refractivity contribution is 7.26. The first-order valence-corrected chi connectivity index (χ1v) is 14.2. The molecule has 0 amide bonds. The third kappa shape index (κ3) is 4.92. The molecule has 0 saturated heterocycles. The summed E-state index contributed by atoms with van der Waals surface area (Å²) in [5.41, 5.74) is 2.26. The number of nitrogens with zero attached hydrogens (tertiary/aromatic N) is 3. The first-order chi connectivity index (χ1) is 19.2. The molecule has 0 spiro atoms. The topological polar surface area (TPSA) is 68.1 Å². The second kappa shape index (κ2) is 10.2. The van der Waals surface area contributed by atoms with E-state index in [1.807, 2.05) is 74.5 Å². The molecular weight excluding hydrogens is 513 g/mol. The molecule has 0 fully saturated rings. The number of benzene rings is 4. The van der Waals surface area contributed by atoms with E-state index in [1.54, 1.807) is 25.2 Å². The Hall–Kier alpha value is -3.91. The van der Waals surface area contributed by atoms with E-state index in [4.69, 9.17) is 19.6 Å². The summed E-state index contributed by atoms with van der Waals surface area (Å²) in [6.45, 7) is 7.41. The molecule has 5 nitrogen and oxygen atoms in total. The van der Waals surface area contributed by atoms with Crippen molar-refractivity contribution in [2.45, 2.75) is 38.9 Å². The van der Waals surface area contributed by atoms with Crippen molar-refractivity contribution in [1.29, 1.82) is 0 Å². The highest BCUT2D eigenvalue weighted by Crippen LogP contribution is 2.39. The van der Waals surface area contributed by atoms with Crippen molar-refractivity contribution in [2.24, 2.45) is 0 Å². The van der Waals surface area contributed by atoms with Gasteiger partial charge in [-0.15, -0.1) is 11.3 Å². The molecule has 40 heavy (non-hydrogen) atoms. The van der Waals surface area contributed by atoms with Crippen molar-refractivity contribution in [1.82, 2.24) is 15.0 Å². The molecule has 0 aliphatic carbocycles. The smallest absolute Gasteiger partial charge is 0.310 e. The van der Waals surface area contributed by atoms with E-state index in [1.165, 1.54) is 4.70 Å². The number of rotatable bonds is 7. The number of hydrogen-bond acceptors (Lipinski definition) is 6. The zero-order chi connectivity index (χ0) is 27.9. The van der Waals surface area contributed by atoms with Gasteiger partial charge in [-0.2, -0.15) is 0 Å². The average molecular weight is 544 g/mol. The van der Waals surface area contributed by atoms with E-state index >= 15 is 0 Å². The fourth-order valence-corrected chi connectivity index (χ4v) is 5.84. The molecule has 0 aliphatic heterocycles. The average Bonchev–Trinajstić information content (AvgIpc) is 3.36. The van der Waals surface area contributed by atoms with Crippen LogP contribution in [0.25, 0.3) is 54.3 Å². The van der Waals surface area contributed by atoms with E-state index in [0.717, 1.165) is 37.6 Å². The maximum absolute atomic E-state index is 10.6. The molecule has 7 heteroatoms. The van der Waals surface area contributed by atoms with Crippen LogP contribution in [-0.4, -0.2) is 38.7 Å². The van der Waals surface area contributed by atoms with E-state index in [-0.39, 0.29) is 0 Å². The fourth-order valence-electron chi connectivity index (χ4n) is 4.58. The van der Waals surface area contributed by atoms with Gasteiger partial charge in [-0.3, -0.25) is 0 Å². The minimum absolute atomic E-state index is 0.395. The molecule has 198 valence electrons. The van der Waals surface area contributed by atoms with Crippen molar-refractivity contribution in [2.75, 3.05) is 0 Å². The zero-order valence-corrected chi connectivity index (χ0v) is 23.9. The molecule has 0 aliphatic rings. The van der Waals surface area contributed by atoms with Crippen molar-refractivity contribution < 1.29 is 9.76 Å². The van der Waals surface area contributed by atoms with Gasteiger partial charge in [0.2, 0.25) is 0 Å². The summed E-state index contributed by atoms with van der Waals surface area (Å²) < 4.78 is 8.57. The Balaban J connectivity index is 1.51. The third-order valence-electron chi connectivity index (χ3n) is 7.61. The summed E-state index contributed by atoms with van der Waals surface area (Å²) in [5, 5.41) is 12.9. The van der Waals surface area contributed by atoms with Crippen LogP contribution in [0.4, 0.5) is 0 Å². The lowest BCUT2D eigenvalue weighted by Gasteiger charge is -2.37. The lowest BCUT2D eigenvalue weighted by atomic mass is 9.80. The molecule has 1 N–H and O–H groups in total. The Labute approximate surface area is 238 Å². The monoisotopic (exact) mass is 543 g/mol. The van der Waals surface area contributed by atoms with Gasteiger partial charge in [0, 0.05) is 31.5 Å². The predicted molar refractivity (Wildman–Crippen MR) is 167 cm³/mol. The quantitative estimate of drug-likeness (QED) is 0.225. The first kappa shape index (κ1) is 26.3. The zero-order valence-electron chi connectivity index (χ0n) is 23.1. The molecule has 0 unspecified atom stereocenters. The molecule has 4 aromatic carbocycles. The lowest BCUT2D eigenvalue weighted by Crippen LogP contribution is -2.49. The standard InChI is InChI=1S/C33H30BN3O2S/c1-32(2,38)33(3,4)39-34-25-19-12-20-26-27(25)23-17-11-18-24(28(23)40-26)31-36-29(21-13-7-5-8-14-21)35-30(37-31)22-15-9-6-10-16-22/h5-20,34,38H,1-4H3. The van der Waals surface area contributed by atoms with Gasteiger partial charge in [-0.25, -0.2) is 15.0 Å². The van der Waals surface area contributed by atoms with Crippen LogP contribution in [0.3, 0.4) is 0 Å². The van der Waals surface area contributed by atoms with E-state index in [9.17, 15) is 5.11 Å². The van der Waals surface area contributed by atoms with Gasteiger partial charge >= 0.3 is 7.48 Å². The molecule has 0 atom stereocenters. The van der Waals surface area contributed by atoms with Crippen LogP contribution in [0, 0.1) is 0 Å². The molecule has 0 bridgehead atoms. The molecule has 2 aromatic heterocycles. The van der Waals surface area contributed by atoms with E-state index in [2.05, 4.69) is 36.4 Å². The summed E-state index contributed by atoms with van der Waals surface area (Å²) in [5.74, 6) is 1.93. The van der Waals surface area contributed by atoms with Crippen molar-refractivity contribution in [3.63, 3.8) is 0 Å². The molecule has 2 heterocycles. The number of aliphatic hydroxyl groups is 1. The van der Waals surface area contributed by atoms with Gasteiger partial charge in [-0.05, 0) is 50.7 Å². The largest absolute Gasteiger partial charge is 0.427 e. The van der Waals surface area contributed by atoms with Gasteiger partial charge in [0.05, 0.1) is 11.2 Å². The van der Waals surface area contributed by atoms with E-state index < -0.39 is 11.2 Å². The maximum Gasteiger partial charge on any atom is 0.310 e. The van der Waals surface area contributed by atoms with E-state index in [0.29, 0.717) is 25.0 Å². The number of fused-ring (bicyclic) bond motifs is 3. The number of thiophene rings is 1. The predicted octanol–water partition coefficient (Wildman–Crippen LogP) is 6.78. The Morgan fingerprint density at radius 1 is 0.675 bits per heavy atom. The van der Waals surface area contributed by atoms with Crippen LogP contribution >= 0.6 is 11.3 Å². The summed E-state index contributed by atoms with van der Waals surface area (Å²) in [4.78, 5) is 14.8. The highest BCUT2D eigenvalue weighted by Gasteiger charge is 2.35. The van der Waals surface area contributed by atoms with Crippen LogP contribution in [0.5, 0.6) is 0 Å². The van der Waals surface area contributed by atoms with Crippen molar-refractivity contribution in [3.05, 3.63) is 97.1 Å². The summed E-state index contributed by atoms with van der Waals surface area (Å²) in [7, 11) is 0.395. The van der Waals surface area contributed by atoms with Crippen molar-refractivity contribution in [3.8, 4) is 34.2 Å². The van der Waals surface area contributed by atoms with Crippen LogP contribution in [-0.2, 0) is 4.65 Å². The summed E-state index contributed by atoms with van der Waals surface area (Å²) in [6, 6.07) is 32.7. The van der Waals surface area contributed by atoms with Crippen LogP contribution < -0.4 is 5.46 Å². The summed E-state index contributed by atoms with van der Waals surface area (Å²) >= 11 is 1.73. The lowest BCUT2D eigenvalue weighted by molar-refractivity contribution is -0.0893. The minimum atomic E-state index is -0.976. The Morgan fingerprint density at radius 2 is 1.25 bits per heavy atom. The minimum Gasteiger partial charge on any atom is -0.427 e. The normalized spacial score (nSPS) is 12.2. The van der Waals surface area contributed by atoms with Gasteiger partial charge < -0.3 is 9.76 Å². The van der Waals surface area contributed by atoms with Crippen LogP contribution in [0.2, 0.25) is 0 Å². The van der Waals surface area contributed by atoms with Crippen molar-refractivity contribution >= 4 is 44.5 Å².